The second kappa shape index (κ2) is 5.61. The monoisotopic (exact) mass is 280 g/mol. The molecule has 0 fully saturated rings. The molecule has 0 aliphatic rings. The Morgan fingerprint density at radius 3 is 2.61 bits per heavy atom. The van der Waals surface area contributed by atoms with Crippen LogP contribution in [0.1, 0.15) is 9.67 Å². The minimum atomic E-state index is 0.0951. The molecule has 1 aromatic heterocycles. The lowest BCUT2D eigenvalue weighted by Gasteiger charge is -2.05. The molecule has 0 unspecified atom stereocenters. The Hall–Kier alpha value is -1.23. The quantitative estimate of drug-likeness (QED) is 0.807. The van der Waals surface area contributed by atoms with E-state index in [1.165, 1.54) is 11.3 Å². The second-order valence-electron chi connectivity index (χ2n) is 4.20. The summed E-state index contributed by atoms with van der Waals surface area (Å²) in [5, 5.41) is 1.54. The van der Waals surface area contributed by atoms with Gasteiger partial charge in [-0.3, -0.25) is 4.79 Å². The van der Waals surface area contributed by atoms with E-state index >= 15 is 0 Å². The van der Waals surface area contributed by atoms with Gasteiger partial charge in [0.2, 0.25) is 0 Å². The molecule has 2 rings (SSSR count). The molecule has 0 N–H and O–H groups in total. The van der Waals surface area contributed by atoms with Gasteiger partial charge in [0.25, 0.3) is 0 Å². The molecule has 1 aromatic carbocycles. The van der Waals surface area contributed by atoms with E-state index in [9.17, 15) is 4.79 Å². The molecule has 1 heterocycles. The predicted octanol–water partition coefficient (Wildman–Crippen LogP) is 3.21. The van der Waals surface area contributed by atoms with Crippen LogP contribution in [0.5, 0.6) is 0 Å². The molecule has 0 amide bonds. The molecule has 5 heteroatoms. The number of rotatable bonds is 4. The van der Waals surface area contributed by atoms with Crippen molar-refractivity contribution in [1.29, 1.82) is 0 Å². The standard InChI is InChI=1S/C13H13ClN2OS/c1-16(2)8-11(17)12-7-15-13(18-12)9-3-5-10(14)6-4-9/h3-7H,8H2,1-2H3. The number of benzene rings is 1. The molecule has 0 spiro atoms. The normalized spacial score (nSPS) is 10.9. The van der Waals surface area contributed by atoms with Crippen molar-refractivity contribution in [3.63, 3.8) is 0 Å². The number of Topliss-reactive ketones (excluding diaryl/α,β-unsaturated/α-hetero) is 1. The predicted molar refractivity (Wildman–Crippen MR) is 75.4 cm³/mol. The van der Waals surface area contributed by atoms with Gasteiger partial charge < -0.3 is 4.90 Å². The van der Waals surface area contributed by atoms with Gasteiger partial charge in [0, 0.05) is 16.8 Å². The lowest BCUT2D eigenvalue weighted by atomic mass is 10.2. The van der Waals surface area contributed by atoms with Crippen LogP contribution in [-0.4, -0.2) is 36.3 Å². The largest absolute Gasteiger partial charge is 0.302 e. The van der Waals surface area contributed by atoms with Crippen LogP contribution in [0.3, 0.4) is 0 Å². The first-order valence-electron chi connectivity index (χ1n) is 5.46. The number of carbonyl (C=O) groups excluding carboxylic acids is 1. The molecule has 0 radical (unpaired) electrons. The molecule has 0 atom stereocenters. The second-order valence-corrected chi connectivity index (χ2v) is 5.66. The first kappa shape index (κ1) is 13.2. The van der Waals surface area contributed by atoms with Crippen molar-refractivity contribution in [3.8, 4) is 10.6 Å². The smallest absolute Gasteiger partial charge is 0.188 e. The molecular weight excluding hydrogens is 268 g/mol. The zero-order valence-corrected chi connectivity index (χ0v) is 11.8. The van der Waals surface area contributed by atoms with E-state index in [0.717, 1.165) is 10.6 Å². The lowest BCUT2D eigenvalue weighted by molar-refractivity contribution is 0.0961. The molecule has 94 valence electrons. The number of hydrogen-bond donors (Lipinski definition) is 0. The van der Waals surface area contributed by atoms with E-state index in [1.807, 2.05) is 43.3 Å². The van der Waals surface area contributed by atoms with Gasteiger partial charge in [0.05, 0.1) is 11.4 Å². The van der Waals surface area contributed by atoms with Gasteiger partial charge in [0.1, 0.15) is 5.01 Å². The first-order chi connectivity index (χ1) is 8.56. The number of halogens is 1. The number of ketones is 1. The van der Waals surface area contributed by atoms with Crippen LogP contribution in [0, 0.1) is 0 Å². The molecule has 3 nitrogen and oxygen atoms in total. The van der Waals surface area contributed by atoms with Crippen molar-refractivity contribution in [2.24, 2.45) is 0 Å². The van der Waals surface area contributed by atoms with E-state index in [4.69, 9.17) is 11.6 Å². The fraction of sp³-hybridized carbons (Fsp3) is 0.231. The van der Waals surface area contributed by atoms with E-state index in [0.29, 0.717) is 16.4 Å². The Balaban J connectivity index is 2.20. The Morgan fingerprint density at radius 1 is 1.33 bits per heavy atom. The third kappa shape index (κ3) is 3.16. The van der Waals surface area contributed by atoms with Crippen molar-refractivity contribution in [2.75, 3.05) is 20.6 Å². The highest BCUT2D eigenvalue weighted by molar-refractivity contribution is 7.17. The van der Waals surface area contributed by atoms with Gasteiger partial charge in [-0.1, -0.05) is 23.7 Å². The van der Waals surface area contributed by atoms with Crippen molar-refractivity contribution >= 4 is 28.7 Å². The number of likely N-dealkylation sites (N-methyl/N-ethyl adjacent to an activating group) is 1. The van der Waals surface area contributed by atoms with Gasteiger partial charge in [-0.2, -0.15) is 0 Å². The molecule has 18 heavy (non-hydrogen) atoms. The van der Waals surface area contributed by atoms with Crippen LogP contribution in [-0.2, 0) is 0 Å². The van der Waals surface area contributed by atoms with Crippen LogP contribution in [0.25, 0.3) is 10.6 Å². The Labute approximate surface area is 115 Å². The molecule has 0 aliphatic carbocycles. The maximum Gasteiger partial charge on any atom is 0.188 e. The van der Waals surface area contributed by atoms with Gasteiger partial charge >= 0.3 is 0 Å². The maximum atomic E-state index is 11.9. The number of nitrogens with zero attached hydrogens (tertiary/aromatic N) is 2. The molecular formula is C13H13ClN2OS. The highest BCUT2D eigenvalue weighted by Gasteiger charge is 2.12. The number of thiazole rings is 1. The van der Waals surface area contributed by atoms with E-state index in [-0.39, 0.29) is 5.78 Å². The van der Waals surface area contributed by atoms with E-state index in [2.05, 4.69) is 4.98 Å². The van der Waals surface area contributed by atoms with Crippen LogP contribution >= 0.6 is 22.9 Å². The van der Waals surface area contributed by atoms with Crippen LogP contribution in [0.15, 0.2) is 30.5 Å². The molecule has 0 bridgehead atoms. The average Bonchev–Trinajstić information content (AvgIpc) is 2.78. The zero-order valence-electron chi connectivity index (χ0n) is 10.2. The SMILES string of the molecule is CN(C)CC(=O)c1cnc(-c2ccc(Cl)cc2)s1. The molecule has 2 aromatic rings. The highest BCUT2D eigenvalue weighted by Crippen LogP contribution is 2.26. The van der Waals surface area contributed by atoms with Crippen molar-refractivity contribution in [1.82, 2.24) is 9.88 Å². The highest BCUT2D eigenvalue weighted by atomic mass is 35.5. The van der Waals surface area contributed by atoms with Gasteiger partial charge in [0.15, 0.2) is 5.78 Å². The molecule has 0 aliphatic heterocycles. The van der Waals surface area contributed by atoms with Crippen molar-refractivity contribution in [3.05, 3.63) is 40.4 Å². The Bertz CT molecular complexity index is 548. The van der Waals surface area contributed by atoms with Gasteiger partial charge in [-0.25, -0.2) is 4.98 Å². The molecule has 0 saturated carbocycles. The van der Waals surface area contributed by atoms with E-state index < -0.39 is 0 Å². The summed E-state index contributed by atoms with van der Waals surface area (Å²) in [6.45, 7) is 0.405. The summed E-state index contributed by atoms with van der Waals surface area (Å²) >= 11 is 7.25. The summed E-state index contributed by atoms with van der Waals surface area (Å²) < 4.78 is 0. The number of hydrogen-bond acceptors (Lipinski definition) is 4. The number of aromatic nitrogens is 1. The summed E-state index contributed by atoms with van der Waals surface area (Å²) in [7, 11) is 3.75. The van der Waals surface area contributed by atoms with Crippen LogP contribution < -0.4 is 0 Å². The third-order valence-electron chi connectivity index (χ3n) is 2.33. The maximum absolute atomic E-state index is 11.9. The number of carbonyl (C=O) groups is 1. The summed E-state index contributed by atoms with van der Waals surface area (Å²) in [6, 6.07) is 7.45. The summed E-state index contributed by atoms with van der Waals surface area (Å²) in [5.74, 6) is 0.0951. The fourth-order valence-electron chi connectivity index (χ4n) is 1.49. The van der Waals surface area contributed by atoms with Crippen LogP contribution in [0.4, 0.5) is 0 Å². The third-order valence-corrected chi connectivity index (χ3v) is 3.67. The molecule has 0 saturated heterocycles. The van der Waals surface area contributed by atoms with Crippen LogP contribution in [0.2, 0.25) is 5.02 Å². The zero-order chi connectivity index (χ0) is 13.1. The summed E-state index contributed by atoms with van der Waals surface area (Å²) in [5.41, 5.74) is 0.980. The topological polar surface area (TPSA) is 33.2 Å². The first-order valence-corrected chi connectivity index (χ1v) is 6.65. The lowest BCUT2D eigenvalue weighted by Crippen LogP contribution is -2.20. The fourth-order valence-corrected chi connectivity index (χ4v) is 2.47. The van der Waals surface area contributed by atoms with Crippen molar-refractivity contribution < 1.29 is 4.79 Å². The Kier molecular flexibility index (Phi) is 4.11. The average molecular weight is 281 g/mol. The van der Waals surface area contributed by atoms with Gasteiger partial charge in [-0.15, -0.1) is 11.3 Å². The summed E-state index contributed by atoms with van der Waals surface area (Å²) in [6.07, 6.45) is 1.64. The van der Waals surface area contributed by atoms with Crippen molar-refractivity contribution in [2.45, 2.75) is 0 Å². The minimum Gasteiger partial charge on any atom is -0.302 e. The van der Waals surface area contributed by atoms with Gasteiger partial charge in [-0.05, 0) is 26.2 Å². The summed E-state index contributed by atoms with van der Waals surface area (Å²) in [4.78, 5) is 18.7. The Morgan fingerprint density at radius 2 is 2.00 bits per heavy atom. The van der Waals surface area contributed by atoms with E-state index in [1.54, 1.807) is 6.20 Å². The minimum absolute atomic E-state index is 0.0951.